The molecule has 0 aromatic carbocycles. The van der Waals surface area contributed by atoms with Crippen molar-refractivity contribution in [2.75, 3.05) is 0 Å². The van der Waals surface area contributed by atoms with E-state index in [1.54, 1.807) is 6.08 Å². The van der Waals surface area contributed by atoms with Crippen LogP contribution in [0.1, 0.15) is 58.8 Å². The number of hydrogen-bond donors (Lipinski definition) is 1. The van der Waals surface area contributed by atoms with E-state index in [0.717, 1.165) is 44.1 Å². The molecule has 3 heteroatoms. The lowest BCUT2D eigenvalue weighted by molar-refractivity contribution is -0.134. The summed E-state index contributed by atoms with van der Waals surface area (Å²) in [5, 5.41) is 10.7. The lowest BCUT2D eigenvalue weighted by atomic mass is 9.47. The Labute approximate surface area is 132 Å². The van der Waals surface area contributed by atoms with Gasteiger partial charge in [0.25, 0.3) is 0 Å². The maximum Gasteiger partial charge on any atom is 0.155 e. The van der Waals surface area contributed by atoms with Crippen molar-refractivity contribution in [2.45, 2.75) is 64.9 Å². The summed E-state index contributed by atoms with van der Waals surface area (Å²) in [5.41, 5.74) is 0.796. The maximum absolute atomic E-state index is 12.4. The fourth-order valence-electron chi connectivity index (χ4n) is 6.38. The summed E-state index contributed by atoms with van der Waals surface area (Å²) in [6, 6.07) is 0. The Balaban J connectivity index is 1.74. The first-order valence-electron chi connectivity index (χ1n) is 8.82. The Kier molecular flexibility index (Phi) is 3.01. The van der Waals surface area contributed by atoms with Crippen molar-refractivity contribution in [3.05, 3.63) is 11.6 Å². The van der Waals surface area contributed by atoms with Gasteiger partial charge in [0.2, 0.25) is 0 Å². The number of fused-ring (bicyclic) bond motifs is 5. The minimum atomic E-state index is -0.492. The molecule has 0 aliphatic heterocycles. The van der Waals surface area contributed by atoms with Crippen molar-refractivity contribution >= 4 is 11.6 Å². The zero-order valence-electron chi connectivity index (χ0n) is 13.6. The summed E-state index contributed by atoms with van der Waals surface area (Å²) in [7, 11) is 0. The van der Waals surface area contributed by atoms with Crippen LogP contribution in [0, 0.1) is 28.6 Å². The summed E-state index contributed by atoms with van der Waals surface area (Å²) in [6.45, 7) is 4.42. The second-order valence-corrected chi connectivity index (χ2v) is 8.53. The molecular weight excluding hydrogens is 276 g/mol. The van der Waals surface area contributed by atoms with Crippen molar-refractivity contribution in [1.29, 1.82) is 0 Å². The van der Waals surface area contributed by atoms with Gasteiger partial charge in [0.1, 0.15) is 5.78 Å². The van der Waals surface area contributed by atoms with Crippen LogP contribution in [0.25, 0.3) is 0 Å². The van der Waals surface area contributed by atoms with Crippen LogP contribution >= 0.6 is 0 Å². The van der Waals surface area contributed by atoms with Crippen LogP contribution in [-0.4, -0.2) is 22.8 Å². The minimum absolute atomic E-state index is 0.0385. The van der Waals surface area contributed by atoms with Crippen LogP contribution in [0.3, 0.4) is 0 Å². The molecule has 3 fully saturated rings. The van der Waals surface area contributed by atoms with Crippen LogP contribution in [0.5, 0.6) is 0 Å². The topological polar surface area (TPSA) is 54.4 Å². The summed E-state index contributed by atoms with van der Waals surface area (Å²) in [6.07, 6.45) is 7.24. The van der Waals surface area contributed by atoms with E-state index in [-0.39, 0.29) is 16.6 Å². The first-order chi connectivity index (χ1) is 10.4. The molecule has 0 bridgehead atoms. The number of ketones is 2. The standard InChI is InChI=1S/C19H26O3/c1-18-7-5-11(20)9-15(18)16(21)10-12-13-3-4-17(22)19(13,2)8-6-14(12)18/h9,12-14,16,21H,3-8,10H2,1-2H3/t12-,13-,14-,16+,18?,19-/m0/s1. The summed E-state index contributed by atoms with van der Waals surface area (Å²) in [5.74, 6) is 2.01. The lowest BCUT2D eigenvalue weighted by Crippen LogP contribution is -2.54. The molecule has 0 spiro atoms. The summed E-state index contributed by atoms with van der Waals surface area (Å²) in [4.78, 5) is 24.2. The summed E-state index contributed by atoms with van der Waals surface area (Å²) < 4.78 is 0. The van der Waals surface area contributed by atoms with Gasteiger partial charge >= 0.3 is 0 Å². The van der Waals surface area contributed by atoms with E-state index in [2.05, 4.69) is 13.8 Å². The SMILES string of the molecule is CC12CCC(=O)C=C1[C@H](O)C[C@@H]1[C@@H]2CC[C@]2(C)C(=O)CC[C@@H]12. The van der Waals surface area contributed by atoms with E-state index in [0.29, 0.717) is 30.0 Å². The number of aliphatic hydroxyl groups excluding tert-OH is 1. The average Bonchev–Trinajstić information content (AvgIpc) is 2.77. The Morgan fingerprint density at radius 3 is 2.55 bits per heavy atom. The Morgan fingerprint density at radius 1 is 1.05 bits per heavy atom. The molecule has 1 N–H and O–H groups in total. The number of carbonyl (C=O) groups excluding carboxylic acids is 2. The predicted octanol–water partition coefficient (Wildman–Crippen LogP) is 3.06. The number of aliphatic hydroxyl groups is 1. The highest BCUT2D eigenvalue weighted by molar-refractivity contribution is 5.92. The van der Waals surface area contributed by atoms with Crippen molar-refractivity contribution in [2.24, 2.45) is 28.6 Å². The van der Waals surface area contributed by atoms with Gasteiger partial charge in [-0.2, -0.15) is 0 Å². The molecule has 6 atom stereocenters. The molecule has 0 amide bonds. The molecule has 1 unspecified atom stereocenters. The molecule has 0 aromatic heterocycles. The third kappa shape index (κ3) is 1.72. The van der Waals surface area contributed by atoms with Crippen molar-refractivity contribution in [1.82, 2.24) is 0 Å². The monoisotopic (exact) mass is 302 g/mol. The molecule has 120 valence electrons. The van der Waals surface area contributed by atoms with Crippen molar-refractivity contribution in [3.63, 3.8) is 0 Å². The second kappa shape index (κ2) is 4.53. The minimum Gasteiger partial charge on any atom is -0.389 e. The highest BCUT2D eigenvalue weighted by Gasteiger charge is 2.60. The van der Waals surface area contributed by atoms with Gasteiger partial charge in [-0.3, -0.25) is 9.59 Å². The number of carbonyl (C=O) groups is 2. The molecule has 4 rings (SSSR count). The highest BCUT2D eigenvalue weighted by atomic mass is 16.3. The van der Waals surface area contributed by atoms with Gasteiger partial charge in [0.15, 0.2) is 5.78 Å². The van der Waals surface area contributed by atoms with E-state index >= 15 is 0 Å². The zero-order valence-corrected chi connectivity index (χ0v) is 13.6. The first-order valence-corrected chi connectivity index (χ1v) is 8.82. The largest absolute Gasteiger partial charge is 0.389 e. The molecule has 0 radical (unpaired) electrons. The van der Waals surface area contributed by atoms with Crippen molar-refractivity contribution in [3.8, 4) is 0 Å². The van der Waals surface area contributed by atoms with E-state index in [9.17, 15) is 14.7 Å². The van der Waals surface area contributed by atoms with E-state index in [1.807, 2.05) is 0 Å². The van der Waals surface area contributed by atoms with E-state index in [4.69, 9.17) is 0 Å². The molecule has 3 nitrogen and oxygen atoms in total. The quantitative estimate of drug-likeness (QED) is 0.748. The van der Waals surface area contributed by atoms with Crippen LogP contribution in [0.2, 0.25) is 0 Å². The third-order valence-corrected chi connectivity index (χ3v) is 7.69. The van der Waals surface area contributed by atoms with E-state index < -0.39 is 6.10 Å². The molecule has 0 saturated heterocycles. The molecule has 0 heterocycles. The molecule has 4 aliphatic carbocycles. The molecule has 3 saturated carbocycles. The molecule has 4 aliphatic rings. The number of Topliss-reactive ketones (excluding diaryl/α,β-unsaturated/α-hetero) is 1. The van der Waals surface area contributed by atoms with Crippen LogP contribution in [0.4, 0.5) is 0 Å². The maximum atomic E-state index is 12.4. The number of hydrogen-bond acceptors (Lipinski definition) is 3. The smallest absolute Gasteiger partial charge is 0.155 e. The van der Waals surface area contributed by atoms with Gasteiger partial charge < -0.3 is 5.11 Å². The van der Waals surface area contributed by atoms with Gasteiger partial charge in [-0.15, -0.1) is 0 Å². The molecular formula is C19H26O3. The number of rotatable bonds is 0. The van der Waals surface area contributed by atoms with Crippen LogP contribution < -0.4 is 0 Å². The third-order valence-electron chi connectivity index (χ3n) is 7.69. The zero-order chi connectivity index (χ0) is 15.7. The Bertz CT molecular complexity index is 577. The van der Waals surface area contributed by atoms with Crippen LogP contribution in [0.15, 0.2) is 11.6 Å². The van der Waals surface area contributed by atoms with Gasteiger partial charge in [0.05, 0.1) is 6.10 Å². The van der Waals surface area contributed by atoms with Gasteiger partial charge in [0, 0.05) is 18.3 Å². The van der Waals surface area contributed by atoms with Crippen molar-refractivity contribution < 1.29 is 14.7 Å². The normalized spacial score (nSPS) is 51.0. The second-order valence-electron chi connectivity index (χ2n) is 8.53. The van der Waals surface area contributed by atoms with Gasteiger partial charge in [-0.1, -0.05) is 13.8 Å². The Hall–Kier alpha value is -0.960. The highest BCUT2D eigenvalue weighted by Crippen LogP contribution is 2.64. The fraction of sp³-hybridized carbons (Fsp3) is 0.789. The lowest BCUT2D eigenvalue weighted by Gasteiger charge is -2.58. The molecule has 0 aromatic rings. The average molecular weight is 302 g/mol. The van der Waals surface area contributed by atoms with Crippen LogP contribution in [-0.2, 0) is 9.59 Å². The first kappa shape index (κ1) is 14.6. The van der Waals surface area contributed by atoms with Gasteiger partial charge in [-0.05, 0) is 66.9 Å². The Morgan fingerprint density at radius 2 is 1.77 bits per heavy atom. The van der Waals surface area contributed by atoms with E-state index in [1.165, 1.54) is 0 Å². The predicted molar refractivity (Wildman–Crippen MR) is 83.1 cm³/mol. The van der Waals surface area contributed by atoms with Gasteiger partial charge in [-0.25, -0.2) is 0 Å². The fourth-order valence-corrected chi connectivity index (χ4v) is 6.38. The summed E-state index contributed by atoms with van der Waals surface area (Å²) >= 11 is 0. The molecule has 22 heavy (non-hydrogen) atoms.